The third kappa shape index (κ3) is 2.59. The third-order valence-electron chi connectivity index (χ3n) is 5.35. The van der Waals surface area contributed by atoms with Crippen LogP contribution in [0.15, 0.2) is 102 Å². The summed E-state index contributed by atoms with van der Waals surface area (Å²) in [5, 5.41) is 4.41. The van der Waals surface area contributed by atoms with E-state index in [-0.39, 0.29) is 0 Å². The first-order valence-corrected chi connectivity index (χ1v) is 9.59. The summed E-state index contributed by atoms with van der Waals surface area (Å²) < 4.78 is 5.49. The maximum atomic E-state index is 5.49. The van der Waals surface area contributed by atoms with Gasteiger partial charge in [-0.2, -0.15) is 0 Å². The molecule has 0 unspecified atom stereocenters. The molecule has 0 aliphatic carbocycles. The summed E-state index contributed by atoms with van der Waals surface area (Å²) in [5.41, 5.74) is 4.85. The van der Waals surface area contributed by atoms with Crippen molar-refractivity contribution in [1.82, 2.24) is 9.97 Å². The minimum absolute atomic E-state index is 0.718. The zero-order valence-corrected chi connectivity index (χ0v) is 15.5. The van der Waals surface area contributed by atoms with Crippen LogP contribution in [-0.2, 0) is 0 Å². The molecule has 29 heavy (non-hydrogen) atoms. The van der Waals surface area contributed by atoms with Gasteiger partial charge in [0.25, 0.3) is 0 Å². The molecule has 0 radical (unpaired) electrons. The molecule has 0 fully saturated rings. The van der Waals surface area contributed by atoms with Gasteiger partial charge < -0.3 is 4.42 Å². The lowest BCUT2D eigenvalue weighted by atomic mass is 10.0. The molecule has 4 aromatic carbocycles. The molecular weight excluding hydrogens is 356 g/mol. The van der Waals surface area contributed by atoms with Crippen LogP contribution in [0.2, 0.25) is 0 Å². The van der Waals surface area contributed by atoms with Gasteiger partial charge in [0, 0.05) is 27.3 Å². The van der Waals surface area contributed by atoms with Gasteiger partial charge in [0.15, 0.2) is 5.82 Å². The molecule has 0 saturated carbocycles. The number of benzene rings is 4. The zero-order valence-electron chi connectivity index (χ0n) is 15.5. The van der Waals surface area contributed by atoms with E-state index < -0.39 is 0 Å². The number of rotatable bonds is 2. The molecule has 0 saturated heterocycles. The summed E-state index contributed by atoms with van der Waals surface area (Å²) in [4.78, 5) is 10.0. The Morgan fingerprint density at radius 1 is 0.586 bits per heavy atom. The molecule has 2 heterocycles. The van der Waals surface area contributed by atoms with Crippen LogP contribution in [0, 0.1) is 0 Å². The van der Waals surface area contributed by atoms with E-state index in [1.165, 1.54) is 5.39 Å². The first-order chi connectivity index (χ1) is 14.4. The molecule has 6 rings (SSSR count). The normalized spacial score (nSPS) is 11.4. The first-order valence-electron chi connectivity index (χ1n) is 9.59. The van der Waals surface area contributed by atoms with Crippen LogP contribution < -0.4 is 0 Å². The Morgan fingerprint density at radius 2 is 1.45 bits per heavy atom. The van der Waals surface area contributed by atoms with E-state index in [0.717, 1.165) is 49.9 Å². The highest BCUT2D eigenvalue weighted by molar-refractivity contribution is 6.09. The Hall–Kier alpha value is -3.98. The highest BCUT2D eigenvalue weighted by Gasteiger charge is 2.14. The lowest BCUT2D eigenvalue weighted by molar-refractivity contribution is 0.616. The van der Waals surface area contributed by atoms with E-state index in [9.17, 15) is 0 Å². The molecule has 0 aliphatic heterocycles. The summed E-state index contributed by atoms with van der Waals surface area (Å²) in [6.07, 6.45) is 1.71. The van der Waals surface area contributed by atoms with Crippen LogP contribution in [0.25, 0.3) is 55.3 Å². The van der Waals surface area contributed by atoms with Crippen molar-refractivity contribution in [3.8, 4) is 22.6 Å². The van der Waals surface area contributed by atoms with Crippen molar-refractivity contribution < 1.29 is 4.42 Å². The largest absolute Gasteiger partial charge is 0.464 e. The number of aromatic nitrogens is 2. The maximum Gasteiger partial charge on any atom is 0.160 e. The molecule has 0 N–H and O–H groups in total. The van der Waals surface area contributed by atoms with Crippen LogP contribution in [0.5, 0.6) is 0 Å². The Kier molecular flexibility index (Phi) is 3.47. The van der Waals surface area contributed by atoms with Crippen LogP contribution >= 0.6 is 0 Å². The topological polar surface area (TPSA) is 38.9 Å². The molecule has 0 aliphatic rings. The minimum atomic E-state index is 0.718. The van der Waals surface area contributed by atoms with Gasteiger partial charge in [-0.05, 0) is 35.7 Å². The van der Waals surface area contributed by atoms with Gasteiger partial charge in [-0.25, -0.2) is 9.97 Å². The highest BCUT2D eigenvalue weighted by atomic mass is 16.3. The summed E-state index contributed by atoms with van der Waals surface area (Å²) in [6.45, 7) is 0. The molecule has 0 bridgehead atoms. The summed E-state index contributed by atoms with van der Waals surface area (Å²) >= 11 is 0. The van der Waals surface area contributed by atoms with Crippen LogP contribution in [0.1, 0.15) is 0 Å². The standard InChI is InChI=1S/C26H16N2O/c1-2-7-18(8-3-1)24-22-12-10-17-6-4-5-9-21(17)25(22)28-26(27-24)20-11-13-23-19(16-20)14-15-29-23/h1-16H. The third-order valence-corrected chi connectivity index (χ3v) is 5.35. The van der Waals surface area contributed by atoms with Gasteiger partial charge in [-0.15, -0.1) is 0 Å². The second-order valence-corrected chi connectivity index (χ2v) is 7.12. The van der Waals surface area contributed by atoms with E-state index >= 15 is 0 Å². The fraction of sp³-hybridized carbons (Fsp3) is 0. The summed E-state index contributed by atoms with van der Waals surface area (Å²) in [6, 6.07) is 31.0. The van der Waals surface area contributed by atoms with Crippen molar-refractivity contribution >= 4 is 32.6 Å². The summed E-state index contributed by atoms with van der Waals surface area (Å²) in [7, 11) is 0. The van der Waals surface area contributed by atoms with E-state index in [1.54, 1.807) is 6.26 Å². The maximum absolute atomic E-state index is 5.49. The Bertz CT molecular complexity index is 1500. The van der Waals surface area contributed by atoms with Gasteiger partial charge in [0.1, 0.15) is 5.58 Å². The number of nitrogens with zero attached hydrogens (tertiary/aromatic N) is 2. The van der Waals surface area contributed by atoms with E-state index in [0.29, 0.717) is 0 Å². The number of furan rings is 1. The van der Waals surface area contributed by atoms with Crippen molar-refractivity contribution in [2.45, 2.75) is 0 Å². The quantitative estimate of drug-likeness (QED) is 0.312. The molecule has 6 aromatic rings. The number of hydrogen-bond donors (Lipinski definition) is 0. The number of fused-ring (bicyclic) bond motifs is 4. The minimum Gasteiger partial charge on any atom is -0.464 e. The van der Waals surface area contributed by atoms with E-state index in [1.807, 2.05) is 36.4 Å². The smallest absolute Gasteiger partial charge is 0.160 e. The van der Waals surface area contributed by atoms with Crippen LogP contribution in [0.3, 0.4) is 0 Å². The lowest BCUT2D eigenvalue weighted by Gasteiger charge is -2.11. The van der Waals surface area contributed by atoms with Crippen LogP contribution in [0.4, 0.5) is 0 Å². The molecule has 3 nitrogen and oxygen atoms in total. The monoisotopic (exact) mass is 372 g/mol. The second-order valence-electron chi connectivity index (χ2n) is 7.12. The number of hydrogen-bond acceptors (Lipinski definition) is 3. The average Bonchev–Trinajstić information content (AvgIpc) is 3.27. The molecule has 136 valence electrons. The Morgan fingerprint density at radius 3 is 2.38 bits per heavy atom. The van der Waals surface area contributed by atoms with Gasteiger partial charge in [0.2, 0.25) is 0 Å². The van der Waals surface area contributed by atoms with E-state index in [4.69, 9.17) is 14.4 Å². The predicted molar refractivity (Wildman–Crippen MR) is 118 cm³/mol. The van der Waals surface area contributed by atoms with Crippen LogP contribution in [-0.4, -0.2) is 9.97 Å². The average molecular weight is 372 g/mol. The molecule has 2 aromatic heterocycles. The molecule has 3 heteroatoms. The van der Waals surface area contributed by atoms with Gasteiger partial charge in [-0.3, -0.25) is 0 Å². The predicted octanol–water partition coefficient (Wildman–Crippen LogP) is 6.86. The van der Waals surface area contributed by atoms with Crippen molar-refractivity contribution in [2.75, 3.05) is 0 Å². The SMILES string of the molecule is c1ccc(-c2nc(-c3ccc4occc4c3)nc3c2ccc2ccccc23)cc1. The molecule has 0 atom stereocenters. The molecule has 0 spiro atoms. The van der Waals surface area contributed by atoms with Crippen molar-refractivity contribution in [3.05, 3.63) is 97.3 Å². The van der Waals surface area contributed by atoms with Gasteiger partial charge >= 0.3 is 0 Å². The Balaban J connectivity index is 1.71. The molecular formula is C26H16N2O. The Labute approximate surface area is 167 Å². The van der Waals surface area contributed by atoms with Crippen molar-refractivity contribution in [2.24, 2.45) is 0 Å². The second kappa shape index (κ2) is 6.28. The van der Waals surface area contributed by atoms with Gasteiger partial charge in [-0.1, -0.05) is 60.7 Å². The van der Waals surface area contributed by atoms with Crippen molar-refractivity contribution in [1.29, 1.82) is 0 Å². The fourth-order valence-electron chi connectivity index (χ4n) is 3.91. The highest BCUT2D eigenvalue weighted by Crippen LogP contribution is 2.33. The van der Waals surface area contributed by atoms with Gasteiger partial charge in [0.05, 0.1) is 17.5 Å². The molecule has 0 amide bonds. The summed E-state index contributed by atoms with van der Waals surface area (Å²) in [5.74, 6) is 0.718. The van der Waals surface area contributed by atoms with Crippen molar-refractivity contribution in [3.63, 3.8) is 0 Å². The lowest BCUT2D eigenvalue weighted by Crippen LogP contribution is -1.96. The fourth-order valence-corrected chi connectivity index (χ4v) is 3.91. The van der Waals surface area contributed by atoms with E-state index in [2.05, 4.69) is 54.6 Å². The zero-order chi connectivity index (χ0) is 19.2. The first kappa shape index (κ1) is 16.0.